The summed E-state index contributed by atoms with van der Waals surface area (Å²) in [5.41, 5.74) is 4.77. The number of aromatic nitrogens is 1. The van der Waals surface area contributed by atoms with Gasteiger partial charge in [-0.25, -0.2) is 0 Å². The van der Waals surface area contributed by atoms with Gasteiger partial charge in [-0.05, 0) is 38.5 Å². The van der Waals surface area contributed by atoms with Crippen LogP contribution in [0.2, 0.25) is 0 Å². The van der Waals surface area contributed by atoms with Crippen LogP contribution in [0.3, 0.4) is 0 Å². The number of carboxylic acid groups (broad SMARTS) is 1. The number of benzene rings is 1. The number of aryl methyl sites for hydroxylation is 3. The summed E-state index contributed by atoms with van der Waals surface area (Å²) in [5, 5.41) is 10.0. The number of nitrogens with zero attached hydrogens (tertiary/aromatic N) is 1. The molecule has 0 aliphatic carbocycles. The van der Waals surface area contributed by atoms with Gasteiger partial charge >= 0.3 is 5.97 Å². The zero-order chi connectivity index (χ0) is 12.6. The average molecular weight is 231 g/mol. The molecule has 0 aliphatic heterocycles. The lowest BCUT2D eigenvalue weighted by Crippen LogP contribution is -2.05. The van der Waals surface area contributed by atoms with Gasteiger partial charge in [0.2, 0.25) is 0 Å². The van der Waals surface area contributed by atoms with E-state index in [1.54, 1.807) is 0 Å². The van der Waals surface area contributed by atoms with Crippen LogP contribution in [-0.2, 0) is 11.3 Å². The van der Waals surface area contributed by atoms with Crippen molar-refractivity contribution in [3.63, 3.8) is 0 Å². The van der Waals surface area contributed by atoms with Gasteiger partial charge < -0.3 is 9.67 Å². The number of hydrogen-bond donors (Lipinski definition) is 1. The van der Waals surface area contributed by atoms with E-state index in [1.165, 1.54) is 16.5 Å². The van der Waals surface area contributed by atoms with E-state index < -0.39 is 5.97 Å². The smallest absolute Gasteiger partial charge is 0.305 e. The van der Waals surface area contributed by atoms with Gasteiger partial charge in [0.1, 0.15) is 0 Å². The Kier molecular flexibility index (Phi) is 2.92. The van der Waals surface area contributed by atoms with Crippen LogP contribution in [0, 0.1) is 20.8 Å². The van der Waals surface area contributed by atoms with Crippen molar-refractivity contribution in [1.29, 1.82) is 0 Å². The van der Waals surface area contributed by atoms with E-state index in [1.807, 2.05) is 6.92 Å². The van der Waals surface area contributed by atoms with Gasteiger partial charge in [0.05, 0.1) is 6.42 Å². The van der Waals surface area contributed by atoms with Crippen LogP contribution < -0.4 is 0 Å². The predicted octanol–water partition coefficient (Wildman–Crippen LogP) is 3.04. The fraction of sp³-hybridized carbons (Fsp3) is 0.357. The summed E-state index contributed by atoms with van der Waals surface area (Å²) in [6, 6.07) is 6.31. The van der Waals surface area contributed by atoms with Gasteiger partial charge in [-0.1, -0.05) is 11.6 Å². The van der Waals surface area contributed by atoms with Crippen LogP contribution in [0.5, 0.6) is 0 Å². The molecule has 0 bridgehead atoms. The van der Waals surface area contributed by atoms with Crippen molar-refractivity contribution >= 4 is 16.9 Å². The van der Waals surface area contributed by atoms with Gasteiger partial charge in [0.15, 0.2) is 0 Å². The standard InChI is InChI=1S/C14H17NO2/c1-9-4-5-13-12(8-9)10(2)11(3)15(13)7-6-14(16)17/h4-5,8H,6-7H2,1-3H3,(H,16,17). The maximum Gasteiger partial charge on any atom is 0.305 e. The summed E-state index contributed by atoms with van der Waals surface area (Å²) < 4.78 is 2.10. The second-order valence-corrected chi connectivity index (χ2v) is 4.53. The number of aliphatic carboxylic acids is 1. The van der Waals surface area contributed by atoms with Gasteiger partial charge in [0, 0.05) is 23.1 Å². The summed E-state index contributed by atoms with van der Waals surface area (Å²) in [4.78, 5) is 10.7. The van der Waals surface area contributed by atoms with Gasteiger partial charge in [-0.2, -0.15) is 0 Å². The van der Waals surface area contributed by atoms with E-state index in [9.17, 15) is 4.79 Å². The lowest BCUT2D eigenvalue weighted by Gasteiger charge is -2.06. The van der Waals surface area contributed by atoms with Crippen LogP contribution in [0.4, 0.5) is 0 Å². The SMILES string of the molecule is Cc1ccc2c(c1)c(C)c(C)n2CCC(=O)O. The number of carboxylic acids is 1. The molecule has 0 saturated heterocycles. The van der Waals surface area contributed by atoms with E-state index in [0.717, 1.165) is 11.2 Å². The van der Waals surface area contributed by atoms with Crippen LogP contribution >= 0.6 is 0 Å². The average Bonchev–Trinajstić information content (AvgIpc) is 2.50. The normalized spacial score (nSPS) is 11.0. The van der Waals surface area contributed by atoms with Crippen molar-refractivity contribution in [2.45, 2.75) is 33.7 Å². The Morgan fingerprint density at radius 1 is 1.29 bits per heavy atom. The highest BCUT2D eigenvalue weighted by molar-refractivity contribution is 5.86. The molecule has 90 valence electrons. The van der Waals surface area contributed by atoms with Gasteiger partial charge in [0.25, 0.3) is 0 Å². The lowest BCUT2D eigenvalue weighted by molar-refractivity contribution is -0.137. The maximum absolute atomic E-state index is 10.7. The van der Waals surface area contributed by atoms with E-state index in [4.69, 9.17) is 5.11 Å². The topological polar surface area (TPSA) is 42.2 Å². The highest BCUT2D eigenvalue weighted by Crippen LogP contribution is 2.26. The monoisotopic (exact) mass is 231 g/mol. The van der Waals surface area contributed by atoms with E-state index in [-0.39, 0.29) is 6.42 Å². The van der Waals surface area contributed by atoms with Crippen molar-refractivity contribution < 1.29 is 9.90 Å². The summed E-state index contributed by atoms with van der Waals surface area (Å²) in [7, 11) is 0. The minimum Gasteiger partial charge on any atom is -0.481 e. The largest absolute Gasteiger partial charge is 0.481 e. The van der Waals surface area contributed by atoms with Crippen molar-refractivity contribution in [3.05, 3.63) is 35.0 Å². The molecular formula is C14H17NO2. The van der Waals surface area contributed by atoms with Crippen LogP contribution in [-0.4, -0.2) is 15.6 Å². The Bertz CT molecular complexity index is 581. The zero-order valence-corrected chi connectivity index (χ0v) is 10.4. The summed E-state index contributed by atoms with van der Waals surface area (Å²) >= 11 is 0. The molecule has 2 rings (SSSR count). The third-order valence-corrected chi connectivity index (χ3v) is 3.34. The molecule has 3 heteroatoms. The summed E-state index contributed by atoms with van der Waals surface area (Å²) in [6.07, 6.45) is 0.165. The molecule has 3 nitrogen and oxygen atoms in total. The van der Waals surface area contributed by atoms with E-state index in [0.29, 0.717) is 6.54 Å². The molecule has 17 heavy (non-hydrogen) atoms. The molecule has 1 heterocycles. The number of hydrogen-bond acceptors (Lipinski definition) is 1. The number of carbonyl (C=O) groups is 1. The third kappa shape index (κ3) is 2.05. The highest BCUT2D eigenvalue weighted by Gasteiger charge is 2.11. The van der Waals surface area contributed by atoms with Crippen molar-refractivity contribution in [1.82, 2.24) is 4.57 Å². The Morgan fingerprint density at radius 3 is 2.65 bits per heavy atom. The first-order chi connectivity index (χ1) is 8.00. The molecule has 0 aliphatic rings. The minimum atomic E-state index is -0.754. The van der Waals surface area contributed by atoms with Gasteiger partial charge in [-0.15, -0.1) is 0 Å². The first kappa shape index (κ1) is 11.7. The highest BCUT2D eigenvalue weighted by atomic mass is 16.4. The molecule has 0 amide bonds. The molecule has 0 saturated carbocycles. The van der Waals surface area contributed by atoms with Crippen molar-refractivity contribution in [3.8, 4) is 0 Å². The lowest BCUT2D eigenvalue weighted by atomic mass is 10.1. The number of fused-ring (bicyclic) bond motifs is 1. The Balaban J connectivity index is 2.54. The molecule has 0 fully saturated rings. The van der Waals surface area contributed by atoms with Crippen LogP contribution in [0.15, 0.2) is 18.2 Å². The second kappa shape index (κ2) is 4.24. The van der Waals surface area contributed by atoms with E-state index in [2.05, 4.69) is 36.6 Å². The third-order valence-electron chi connectivity index (χ3n) is 3.34. The number of rotatable bonds is 3. The second-order valence-electron chi connectivity index (χ2n) is 4.53. The summed E-state index contributed by atoms with van der Waals surface area (Å²) in [5.74, 6) is -0.754. The van der Waals surface area contributed by atoms with Gasteiger partial charge in [-0.3, -0.25) is 4.79 Å². The molecule has 2 aromatic rings. The quantitative estimate of drug-likeness (QED) is 0.882. The van der Waals surface area contributed by atoms with Crippen LogP contribution in [0.1, 0.15) is 23.2 Å². The Hall–Kier alpha value is -1.77. The fourth-order valence-corrected chi connectivity index (χ4v) is 2.26. The molecule has 0 radical (unpaired) electrons. The Morgan fingerprint density at radius 2 is 2.00 bits per heavy atom. The molecule has 1 N–H and O–H groups in total. The molecule has 1 aromatic carbocycles. The zero-order valence-electron chi connectivity index (χ0n) is 10.4. The molecule has 1 aromatic heterocycles. The van der Waals surface area contributed by atoms with Crippen molar-refractivity contribution in [2.75, 3.05) is 0 Å². The minimum absolute atomic E-state index is 0.165. The first-order valence-electron chi connectivity index (χ1n) is 5.78. The van der Waals surface area contributed by atoms with Crippen molar-refractivity contribution in [2.24, 2.45) is 0 Å². The molecule has 0 spiro atoms. The van der Waals surface area contributed by atoms with E-state index >= 15 is 0 Å². The predicted molar refractivity (Wildman–Crippen MR) is 68.4 cm³/mol. The fourth-order valence-electron chi connectivity index (χ4n) is 2.26. The molecular weight excluding hydrogens is 214 g/mol. The molecule has 0 atom stereocenters. The first-order valence-corrected chi connectivity index (χ1v) is 5.78. The van der Waals surface area contributed by atoms with Crippen LogP contribution in [0.25, 0.3) is 10.9 Å². The molecule has 0 unspecified atom stereocenters. The maximum atomic E-state index is 10.7. The summed E-state index contributed by atoms with van der Waals surface area (Å²) in [6.45, 7) is 6.75. The Labute approximate surface area is 101 Å².